The minimum Gasteiger partial charge on any atom is -0.393 e. The Morgan fingerprint density at radius 1 is 1.13 bits per heavy atom. The average Bonchev–Trinajstić information content (AvgIpc) is 3.06. The van der Waals surface area contributed by atoms with Gasteiger partial charge >= 0.3 is 0 Å². The maximum atomic E-state index is 10.2. The lowest BCUT2D eigenvalue weighted by Gasteiger charge is -2.55. The van der Waals surface area contributed by atoms with E-state index in [0.717, 1.165) is 37.5 Å². The fraction of sp³-hybridized carbons (Fsp3) is 0.724. The molecule has 30 heavy (non-hydrogen) atoms. The van der Waals surface area contributed by atoms with Gasteiger partial charge in [-0.2, -0.15) is 0 Å². The molecule has 0 bridgehead atoms. The van der Waals surface area contributed by atoms with Gasteiger partial charge in [-0.25, -0.2) is 0 Å². The van der Waals surface area contributed by atoms with Gasteiger partial charge in [-0.3, -0.25) is 0 Å². The second-order valence-corrected chi connectivity index (χ2v) is 11.6. The Labute approximate surface area is 185 Å². The van der Waals surface area contributed by atoms with E-state index in [4.69, 9.17) is 0 Å². The van der Waals surface area contributed by atoms with Gasteiger partial charge in [0.05, 0.1) is 6.10 Å². The second-order valence-electron chi connectivity index (χ2n) is 11.6. The van der Waals surface area contributed by atoms with Crippen LogP contribution in [-0.4, -0.2) is 11.2 Å². The van der Waals surface area contributed by atoms with E-state index >= 15 is 0 Å². The zero-order chi connectivity index (χ0) is 21.7. The summed E-state index contributed by atoms with van der Waals surface area (Å²) < 4.78 is 0. The first-order valence-electron chi connectivity index (χ1n) is 12.6. The lowest BCUT2D eigenvalue weighted by Crippen LogP contribution is -2.46. The Hall–Kier alpha value is -1.08. The van der Waals surface area contributed by atoms with Crippen molar-refractivity contribution in [2.45, 2.75) is 92.1 Å². The summed E-state index contributed by atoms with van der Waals surface area (Å²) in [4.78, 5) is 0. The fourth-order valence-corrected chi connectivity index (χ4v) is 7.98. The number of aliphatic hydroxyl groups is 1. The fourth-order valence-electron chi connectivity index (χ4n) is 7.98. The minimum atomic E-state index is -0.122. The number of rotatable bonds is 5. The van der Waals surface area contributed by atoms with Crippen molar-refractivity contribution in [1.29, 1.82) is 0 Å². The van der Waals surface area contributed by atoms with E-state index < -0.39 is 0 Å². The molecule has 4 rings (SSSR count). The van der Waals surface area contributed by atoms with Crippen LogP contribution < -0.4 is 0 Å². The van der Waals surface area contributed by atoms with Crippen LogP contribution >= 0.6 is 0 Å². The van der Waals surface area contributed by atoms with Crippen LogP contribution in [0, 0.1) is 40.4 Å². The van der Waals surface area contributed by atoms with Crippen molar-refractivity contribution < 1.29 is 5.11 Å². The summed E-state index contributed by atoms with van der Waals surface area (Å²) in [5.74, 6) is 3.41. The summed E-state index contributed by atoms with van der Waals surface area (Å²) in [6, 6.07) is 0. The average molecular weight is 409 g/mol. The maximum Gasteiger partial charge on any atom is 0.0578 e. The highest BCUT2D eigenvalue weighted by Gasteiger charge is 2.56. The van der Waals surface area contributed by atoms with Gasteiger partial charge in [0.25, 0.3) is 0 Å². The molecular weight excluding hydrogens is 364 g/mol. The third-order valence-electron chi connectivity index (χ3n) is 9.97. The Morgan fingerprint density at radius 2 is 1.90 bits per heavy atom. The third kappa shape index (κ3) is 3.50. The molecule has 0 aliphatic heterocycles. The summed E-state index contributed by atoms with van der Waals surface area (Å²) in [5, 5.41) is 10.2. The molecule has 1 N–H and O–H groups in total. The molecule has 8 unspecified atom stereocenters. The van der Waals surface area contributed by atoms with Crippen LogP contribution in [0.1, 0.15) is 86.0 Å². The van der Waals surface area contributed by atoms with Gasteiger partial charge in [0, 0.05) is 0 Å². The van der Waals surface area contributed by atoms with Crippen molar-refractivity contribution in [1.82, 2.24) is 0 Å². The Balaban J connectivity index is 1.56. The highest BCUT2D eigenvalue weighted by molar-refractivity contribution is 5.39. The molecule has 0 amide bonds. The molecule has 0 heterocycles. The highest BCUT2D eigenvalue weighted by atomic mass is 16.3. The number of allylic oxidation sites excluding steroid dienone is 6. The molecule has 0 spiro atoms. The van der Waals surface area contributed by atoms with Crippen molar-refractivity contribution >= 4 is 0 Å². The van der Waals surface area contributed by atoms with Crippen LogP contribution in [-0.2, 0) is 0 Å². The van der Waals surface area contributed by atoms with E-state index in [2.05, 4.69) is 65.5 Å². The van der Waals surface area contributed by atoms with E-state index in [1.54, 1.807) is 5.57 Å². The van der Waals surface area contributed by atoms with E-state index in [1.165, 1.54) is 36.8 Å². The van der Waals surface area contributed by atoms with Crippen LogP contribution in [0.5, 0.6) is 0 Å². The first-order valence-corrected chi connectivity index (χ1v) is 12.6. The predicted molar refractivity (Wildman–Crippen MR) is 128 cm³/mol. The zero-order valence-electron chi connectivity index (χ0n) is 20.1. The molecule has 0 aromatic heterocycles. The lowest BCUT2D eigenvalue weighted by atomic mass is 9.50. The number of hydrogen-bond donors (Lipinski definition) is 1. The van der Waals surface area contributed by atoms with Crippen molar-refractivity contribution in [2.75, 3.05) is 0 Å². The van der Waals surface area contributed by atoms with Crippen molar-refractivity contribution in [3.05, 3.63) is 47.6 Å². The molecule has 1 nitrogen and oxygen atoms in total. The van der Waals surface area contributed by atoms with Crippen molar-refractivity contribution in [3.8, 4) is 0 Å². The Morgan fingerprint density at radius 3 is 2.60 bits per heavy atom. The maximum absolute atomic E-state index is 10.2. The molecule has 166 valence electrons. The summed E-state index contributed by atoms with van der Waals surface area (Å²) in [7, 11) is 0. The predicted octanol–water partition coefficient (Wildman–Crippen LogP) is 7.64. The van der Waals surface area contributed by atoms with Crippen LogP contribution in [0.25, 0.3) is 0 Å². The standard InChI is InChI=1S/C29H44O/c1-7-21(19(2)3)9-8-20(4)25-12-13-26-24-11-10-22-18-23(30)14-16-28(22,5)27(24)15-17-29(25,26)6/h8-11,20-21,23,25-27,30H,2,7,12-18H2,1,3-6H3. The first-order chi connectivity index (χ1) is 14.2. The zero-order valence-corrected chi connectivity index (χ0v) is 20.1. The van der Waals surface area contributed by atoms with Gasteiger partial charge in [-0.1, -0.05) is 75.3 Å². The van der Waals surface area contributed by atoms with Crippen LogP contribution in [0.3, 0.4) is 0 Å². The van der Waals surface area contributed by atoms with Gasteiger partial charge in [-0.05, 0) is 98.7 Å². The molecule has 4 aliphatic rings. The quantitative estimate of drug-likeness (QED) is 0.463. The molecule has 3 fully saturated rings. The normalized spacial score (nSPS) is 42.6. The Bertz CT molecular complexity index is 769. The summed E-state index contributed by atoms with van der Waals surface area (Å²) >= 11 is 0. The molecule has 4 aliphatic carbocycles. The largest absolute Gasteiger partial charge is 0.393 e. The molecule has 1 heteroatoms. The van der Waals surface area contributed by atoms with Crippen LogP contribution in [0.4, 0.5) is 0 Å². The monoisotopic (exact) mass is 408 g/mol. The van der Waals surface area contributed by atoms with Gasteiger partial charge in [0.2, 0.25) is 0 Å². The molecule has 8 atom stereocenters. The van der Waals surface area contributed by atoms with Gasteiger partial charge < -0.3 is 5.11 Å². The number of fused-ring (bicyclic) bond motifs is 5. The highest BCUT2D eigenvalue weighted by Crippen LogP contribution is 2.65. The summed E-state index contributed by atoms with van der Waals surface area (Å²) in [6.45, 7) is 16.2. The van der Waals surface area contributed by atoms with Crippen LogP contribution in [0.2, 0.25) is 0 Å². The second kappa shape index (κ2) is 8.12. The first kappa shape index (κ1) is 22.1. The van der Waals surface area contributed by atoms with Crippen LogP contribution in [0.15, 0.2) is 47.6 Å². The van der Waals surface area contributed by atoms with E-state index in [0.29, 0.717) is 28.6 Å². The molecular formula is C29H44O. The molecule has 3 saturated carbocycles. The molecule has 0 aromatic rings. The van der Waals surface area contributed by atoms with E-state index in [-0.39, 0.29) is 6.10 Å². The molecule has 0 radical (unpaired) electrons. The topological polar surface area (TPSA) is 20.2 Å². The molecule has 0 aromatic carbocycles. The van der Waals surface area contributed by atoms with Crippen molar-refractivity contribution in [2.24, 2.45) is 40.4 Å². The van der Waals surface area contributed by atoms with Gasteiger partial charge in [0.1, 0.15) is 0 Å². The van der Waals surface area contributed by atoms with Crippen molar-refractivity contribution in [3.63, 3.8) is 0 Å². The number of hydrogen-bond acceptors (Lipinski definition) is 1. The van der Waals surface area contributed by atoms with Gasteiger partial charge in [-0.15, -0.1) is 0 Å². The smallest absolute Gasteiger partial charge is 0.0578 e. The summed E-state index contributed by atoms with van der Waals surface area (Å²) in [6.07, 6.45) is 19.4. The lowest BCUT2D eigenvalue weighted by molar-refractivity contribution is 0.0383. The third-order valence-corrected chi connectivity index (χ3v) is 9.97. The SMILES string of the molecule is C=C(C)C(C=CC(C)C1CCC2C3=CC=C4CC(O)CCC4(C)C3CCC21C)CC. The number of aliphatic hydroxyl groups excluding tert-OH is 1. The summed E-state index contributed by atoms with van der Waals surface area (Å²) in [5.41, 5.74) is 5.31. The molecule has 0 saturated heterocycles. The van der Waals surface area contributed by atoms with Gasteiger partial charge in [0.15, 0.2) is 0 Å². The van der Waals surface area contributed by atoms with E-state index in [9.17, 15) is 5.11 Å². The minimum absolute atomic E-state index is 0.122. The Kier molecular flexibility index (Phi) is 5.99. The van der Waals surface area contributed by atoms with E-state index in [1.807, 2.05) is 0 Å².